The maximum Gasteiger partial charge on any atom is 0.212 e. The minimum Gasteiger partial charge on any atom is -0.482 e. The van der Waals surface area contributed by atoms with Gasteiger partial charge < -0.3 is 15.2 Å². The quantitative estimate of drug-likeness (QED) is 0.497. The molecule has 0 bridgehead atoms. The van der Waals surface area contributed by atoms with Crippen LogP contribution in [0.25, 0.3) is 11.5 Å². The van der Waals surface area contributed by atoms with Crippen molar-refractivity contribution in [2.24, 2.45) is 0 Å². The summed E-state index contributed by atoms with van der Waals surface area (Å²) in [5, 5.41) is 4.44. The minimum atomic E-state index is -0.317. The van der Waals surface area contributed by atoms with E-state index >= 15 is 0 Å². The minimum absolute atomic E-state index is 0.164. The first-order valence-electron chi connectivity index (χ1n) is 9.00. The molecule has 4 rings (SSSR count). The third-order valence-electron chi connectivity index (χ3n) is 4.26. The van der Waals surface area contributed by atoms with Crippen molar-refractivity contribution >= 4 is 5.82 Å². The Kier molecular flexibility index (Phi) is 5.46. The number of nitrogen functional groups attached to an aromatic ring is 1. The third kappa shape index (κ3) is 4.17. The fourth-order valence-electron chi connectivity index (χ4n) is 2.75. The second-order valence-electron chi connectivity index (χ2n) is 6.25. The predicted octanol–water partition coefficient (Wildman–Crippen LogP) is 2.49. The lowest BCUT2D eigenvalue weighted by Gasteiger charge is -2.08. The normalized spacial score (nSPS) is 10.7. The van der Waals surface area contributed by atoms with Gasteiger partial charge in [-0.3, -0.25) is 0 Å². The van der Waals surface area contributed by atoms with Crippen LogP contribution in [0.1, 0.15) is 11.3 Å². The van der Waals surface area contributed by atoms with Crippen molar-refractivity contribution in [2.45, 2.75) is 13.2 Å². The Morgan fingerprint density at radius 2 is 2.03 bits per heavy atom. The number of hydrogen-bond acceptors (Lipinski definition) is 8. The topological polar surface area (TPSA) is 114 Å². The van der Waals surface area contributed by atoms with E-state index in [4.69, 9.17) is 15.2 Å². The van der Waals surface area contributed by atoms with Gasteiger partial charge in [-0.15, -0.1) is 0 Å². The fraction of sp³-hybridized carbons (Fsp3) is 0.150. The lowest BCUT2D eigenvalue weighted by atomic mass is 10.2. The van der Waals surface area contributed by atoms with Crippen LogP contribution in [-0.4, -0.2) is 36.8 Å². The molecule has 4 aromatic rings. The summed E-state index contributed by atoms with van der Waals surface area (Å²) < 4.78 is 26.5. The average molecular weight is 407 g/mol. The molecular weight excluding hydrogens is 389 g/mol. The smallest absolute Gasteiger partial charge is 0.212 e. The van der Waals surface area contributed by atoms with Crippen LogP contribution in [0, 0.1) is 5.82 Å². The third-order valence-corrected chi connectivity index (χ3v) is 4.26. The number of nitrogens with two attached hydrogens (primary N) is 1. The number of aromatic nitrogens is 6. The highest BCUT2D eigenvalue weighted by molar-refractivity contribution is 5.56. The van der Waals surface area contributed by atoms with Crippen molar-refractivity contribution in [1.82, 2.24) is 29.7 Å². The maximum absolute atomic E-state index is 14.0. The number of rotatable bonds is 7. The molecule has 152 valence electrons. The Hall–Kier alpha value is -4.08. The van der Waals surface area contributed by atoms with E-state index in [1.54, 1.807) is 36.5 Å². The van der Waals surface area contributed by atoms with Gasteiger partial charge in [0.15, 0.2) is 17.4 Å². The number of nitrogens with zero attached hydrogens (tertiary/aromatic N) is 6. The number of benzene rings is 1. The molecule has 0 aliphatic carbocycles. The molecule has 10 heteroatoms. The summed E-state index contributed by atoms with van der Waals surface area (Å²) in [7, 11) is 1.51. The molecule has 0 aliphatic rings. The zero-order chi connectivity index (χ0) is 20.9. The number of hydrogen-bond donors (Lipinski definition) is 1. The van der Waals surface area contributed by atoms with Gasteiger partial charge in [-0.1, -0.05) is 18.2 Å². The molecule has 3 heterocycles. The van der Waals surface area contributed by atoms with Gasteiger partial charge in [-0.2, -0.15) is 5.10 Å². The van der Waals surface area contributed by atoms with Crippen LogP contribution in [0.2, 0.25) is 0 Å². The van der Waals surface area contributed by atoms with Crippen LogP contribution in [0.4, 0.5) is 10.2 Å². The molecule has 1 aromatic carbocycles. The van der Waals surface area contributed by atoms with Crippen LogP contribution < -0.4 is 15.2 Å². The van der Waals surface area contributed by atoms with E-state index in [-0.39, 0.29) is 24.8 Å². The van der Waals surface area contributed by atoms with Crippen LogP contribution >= 0.6 is 0 Å². The van der Waals surface area contributed by atoms with Crippen LogP contribution in [0.3, 0.4) is 0 Å². The predicted molar refractivity (Wildman–Crippen MR) is 106 cm³/mol. The molecule has 3 aromatic heterocycles. The van der Waals surface area contributed by atoms with E-state index in [0.29, 0.717) is 34.4 Å². The van der Waals surface area contributed by atoms with Crippen molar-refractivity contribution in [3.63, 3.8) is 0 Å². The fourth-order valence-corrected chi connectivity index (χ4v) is 2.75. The van der Waals surface area contributed by atoms with Crippen molar-refractivity contribution < 1.29 is 13.9 Å². The average Bonchev–Trinajstić information content (AvgIpc) is 3.18. The number of anilines is 1. The van der Waals surface area contributed by atoms with E-state index in [2.05, 4.69) is 25.0 Å². The van der Waals surface area contributed by atoms with Crippen molar-refractivity contribution in [2.75, 3.05) is 12.8 Å². The Balaban J connectivity index is 1.54. The van der Waals surface area contributed by atoms with Gasteiger partial charge in [0.2, 0.25) is 5.88 Å². The Labute approximate surface area is 171 Å². The second kappa shape index (κ2) is 8.52. The summed E-state index contributed by atoms with van der Waals surface area (Å²) >= 11 is 0. The first-order valence-corrected chi connectivity index (χ1v) is 9.00. The van der Waals surface area contributed by atoms with Gasteiger partial charge in [0, 0.05) is 17.8 Å². The van der Waals surface area contributed by atoms with Gasteiger partial charge in [0.25, 0.3) is 0 Å². The molecule has 0 amide bonds. The van der Waals surface area contributed by atoms with Gasteiger partial charge in [0.1, 0.15) is 24.4 Å². The molecule has 0 atom stereocenters. The molecule has 0 saturated heterocycles. The molecule has 30 heavy (non-hydrogen) atoms. The van der Waals surface area contributed by atoms with Crippen molar-refractivity contribution in [3.05, 3.63) is 72.2 Å². The molecule has 9 nitrogen and oxygen atoms in total. The van der Waals surface area contributed by atoms with Crippen LogP contribution in [0.5, 0.6) is 11.6 Å². The van der Waals surface area contributed by atoms with E-state index in [1.807, 2.05) is 0 Å². The van der Waals surface area contributed by atoms with Gasteiger partial charge in [-0.05, 0) is 12.1 Å². The second-order valence-corrected chi connectivity index (χ2v) is 6.25. The Bertz CT molecular complexity index is 1150. The molecule has 0 aliphatic heterocycles. The molecule has 0 radical (unpaired) electrons. The van der Waals surface area contributed by atoms with Crippen LogP contribution in [-0.2, 0) is 13.2 Å². The summed E-state index contributed by atoms with van der Waals surface area (Å²) in [5.41, 5.74) is 7.65. The number of methoxy groups -OCH3 is 1. The summed E-state index contributed by atoms with van der Waals surface area (Å²) in [6.45, 7) is 0.409. The molecule has 0 fully saturated rings. The van der Waals surface area contributed by atoms with Crippen molar-refractivity contribution in [3.8, 4) is 23.1 Å². The highest BCUT2D eigenvalue weighted by Crippen LogP contribution is 2.26. The van der Waals surface area contributed by atoms with E-state index < -0.39 is 0 Å². The van der Waals surface area contributed by atoms with Crippen LogP contribution in [0.15, 0.2) is 55.1 Å². The highest BCUT2D eigenvalue weighted by atomic mass is 19.1. The molecule has 0 spiro atoms. The Morgan fingerprint density at radius 3 is 2.77 bits per heavy atom. The monoisotopic (exact) mass is 407 g/mol. The first-order chi connectivity index (χ1) is 14.6. The molecule has 0 unspecified atom stereocenters. The van der Waals surface area contributed by atoms with E-state index in [0.717, 1.165) is 0 Å². The van der Waals surface area contributed by atoms with Gasteiger partial charge in [0.05, 0.1) is 25.5 Å². The highest BCUT2D eigenvalue weighted by Gasteiger charge is 2.15. The first kappa shape index (κ1) is 19.2. The zero-order valence-electron chi connectivity index (χ0n) is 16.1. The van der Waals surface area contributed by atoms with Gasteiger partial charge in [-0.25, -0.2) is 29.0 Å². The number of halogens is 1. The lowest BCUT2D eigenvalue weighted by molar-refractivity contribution is 0.300. The molecular formula is C20H18FN7O2. The van der Waals surface area contributed by atoms with Crippen molar-refractivity contribution in [1.29, 1.82) is 0 Å². The molecule has 0 saturated carbocycles. The zero-order valence-corrected chi connectivity index (χ0v) is 16.1. The summed E-state index contributed by atoms with van der Waals surface area (Å²) in [4.78, 5) is 16.5. The standard InChI is InChI=1S/C20H18FN7O2/c1-29-18-8-16(27-28(18)10-13-4-2-3-5-15(13)21)20-24-9-17(19(22)26-20)30-11-14-6-7-23-12-25-14/h2-9,12H,10-11H2,1H3,(H2,22,24,26). The Morgan fingerprint density at radius 1 is 1.17 bits per heavy atom. The lowest BCUT2D eigenvalue weighted by Crippen LogP contribution is -2.06. The number of ether oxygens (including phenoxy) is 2. The summed E-state index contributed by atoms with van der Waals surface area (Å²) in [5.74, 6) is 0.918. The summed E-state index contributed by atoms with van der Waals surface area (Å²) in [6.07, 6.45) is 4.54. The SMILES string of the molecule is COc1cc(-c2ncc(OCc3ccncn3)c(N)n2)nn1Cc1ccccc1F. The maximum atomic E-state index is 14.0. The molecule has 2 N–H and O–H groups in total. The summed E-state index contributed by atoms with van der Waals surface area (Å²) in [6, 6.07) is 9.89. The van der Waals surface area contributed by atoms with Gasteiger partial charge >= 0.3 is 0 Å². The van der Waals surface area contributed by atoms with E-state index in [9.17, 15) is 4.39 Å². The largest absolute Gasteiger partial charge is 0.482 e. The van der Waals surface area contributed by atoms with E-state index in [1.165, 1.54) is 30.4 Å².